The molecule has 0 aliphatic carbocycles. The van der Waals surface area contributed by atoms with Crippen LogP contribution in [-0.4, -0.2) is 12.5 Å². The number of β-lactam (4-membered cyclic amide) rings is 1. The lowest BCUT2D eigenvalue weighted by molar-refractivity contribution is -0.132. The lowest BCUT2D eigenvalue weighted by Crippen LogP contribution is -2.58. The Balaban J connectivity index is 2.20. The maximum Gasteiger partial charge on any atom is 0.234 e. The highest BCUT2D eigenvalue weighted by Crippen LogP contribution is 2.35. The van der Waals surface area contributed by atoms with Gasteiger partial charge in [-0.1, -0.05) is 11.6 Å². The summed E-state index contributed by atoms with van der Waals surface area (Å²) in [5.41, 5.74) is 0.735. The molecular weight excluding hydrogens is 198 g/mol. The fourth-order valence-corrected chi connectivity index (χ4v) is 1.76. The van der Waals surface area contributed by atoms with Gasteiger partial charge < -0.3 is 4.90 Å². The van der Waals surface area contributed by atoms with E-state index in [1.54, 1.807) is 17.0 Å². The summed E-state index contributed by atoms with van der Waals surface area (Å²) in [7, 11) is 0. The summed E-state index contributed by atoms with van der Waals surface area (Å²) in [5.74, 6) is 0.180. The van der Waals surface area contributed by atoms with E-state index in [0.717, 1.165) is 12.2 Å². The Labute approximate surface area is 88.5 Å². The lowest BCUT2D eigenvalue weighted by Gasteiger charge is -2.44. The Morgan fingerprint density at radius 2 is 1.86 bits per heavy atom. The Bertz CT molecular complexity index is 369. The molecule has 0 spiro atoms. The van der Waals surface area contributed by atoms with Crippen LogP contribution < -0.4 is 4.90 Å². The van der Waals surface area contributed by atoms with Crippen molar-refractivity contribution in [1.82, 2.24) is 0 Å². The molecule has 1 aromatic carbocycles. The molecule has 1 aliphatic rings. The standard InChI is InChI=1S/C11H12ClNO/c1-11(2)7-13(10(11)14)9-5-3-8(12)4-6-9/h3-6H,7H2,1-2H3. The molecule has 1 aromatic rings. The fourth-order valence-electron chi connectivity index (χ4n) is 1.64. The van der Waals surface area contributed by atoms with Crippen molar-refractivity contribution in [3.63, 3.8) is 0 Å². The van der Waals surface area contributed by atoms with Gasteiger partial charge in [-0.05, 0) is 38.1 Å². The smallest absolute Gasteiger partial charge is 0.234 e. The second kappa shape index (κ2) is 2.99. The highest BCUT2D eigenvalue weighted by Gasteiger charge is 2.44. The van der Waals surface area contributed by atoms with Crippen molar-refractivity contribution in [3.8, 4) is 0 Å². The molecule has 1 amide bonds. The monoisotopic (exact) mass is 209 g/mol. The number of carbonyl (C=O) groups is 1. The topological polar surface area (TPSA) is 20.3 Å². The molecule has 3 heteroatoms. The van der Waals surface area contributed by atoms with Crippen LogP contribution in [0.3, 0.4) is 0 Å². The Morgan fingerprint density at radius 3 is 2.29 bits per heavy atom. The van der Waals surface area contributed by atoms with E-state index in [4.69, 9.17) is 11.6 Å². The van der Waals surface area contributed by atoms with Gasteiger partial charge in [0.2, 0.25) is 5.91 Å². The van der Waals surface area contributed by atoms with Crippen molar-refractivity contribution in [3.05, 3.63) is 29.3 Å². The van der Waals surface area contributed by atoms with Gasteiger partial charge in [0, 0.05) is 17.3 Å². The molecule has 0 saturated carbocycles. The number of anilines is 1. The van der Waals surface area contributed by atoms with E-state index in [9.17, 15) is 4.79 Å². The SMILES string of the molecule is CC1(C)CN(c2ccc(Cl)cc2)C1=O. The average Bonchev–Trinajstić information content (AvgIpc) is 2.16. The molecule has 0 aromatic heterocycles. The van der Waals surface area contributed by atoms with Crippen LogP contribution in [0.2, 0.25) is 5.02 Å². The molecule has 0 atom stereocenters. The Hall–Kier alpha value is -1.02. The zero-order chi connectivity index (χ0) is 10.3. The molecule has 0 N–H and O–H groups in total. The average molecular weight is 210 g/mol. The van der Waals surface area contributed by atoms with Gasteiger partial charge >= 0.3 is 0 Å². The fraction of sp³-hybridized carbons (Fsp3) is 0.364. The van der Waals surface area contributed by atoms with E-state index >= 15 is 0 Å². The van der Waals surface area contributed by atoms with Gasteiger partial charge in [-0.2, -0.15) is 0 Å². The number of halogens is 1. The third-order valence-corrected chi connectivity index (χ3v) is 2.77. The molecule has 0 unspecified atom stereocenters. The van der Waals surface area contributed by atoms with Crippen LogP contribution in [0.5, 0.6) is 0 Å². The van der Waals surface area contributed by atoms with Crippen LogP contribution in [0.25, 0.3) is 0 Å². The van der Waals surface area contributed by atoms with Crippen LogP contribution >= 0.6 is 11.6 Å². The minimum atomic E-state index is -0.195. The second-order valence-corrected chi connectivity index (χ2v) is 4.69. The number of rotatable bonds is 1. The first kappa shape index (κ1) is 9.53. The molecule has 1 aliphatic heterocycles. The first-order valence-electron chi connectivity index (χ1n) is 4.58. The summed E-state index contributed by atoms with van der Waals surface area (Å²) < 4.78 is 0. The van der Waals surface area contributed by atoms with Crippen molar-refractivity contribution in [2.75, 3.05) is 11.4 Å². The van der Waals surface area contributed by atoms with E-state index in [-0.39, 0.29) is 11.3 Å². The van der Waals surface area contributed by atoms with Gasteiger partial charge in [-0.3, -0.25) is 4.79 Å². The lowest BCUT2D eigenvalue weighted by atomic mass is 9.83. The van der Waals surface area contributed by atoms with E-state index in [1.807, 2.05) is 26.0 Å². The predicted octanol–water partition coefficient (Wildman–Crippen LogP) is 2.71. The molecule has 14 heavy (non-hydrogen) atoms. The molecule has 1 fully saturated rings. The number of nitrogens with zero attached hydrogens (tertiary/aromatic N) is 1. The highest BCUT2D eigenvalue weighted by molar-refractivity contribution is 6.30. The minimum absolute atomic E-state index is 0.180. The van der Waals surface area contributed by atoms with Crippen LogP contribution in [0, 0.1) is 5.41 Å². The van der Waals surface area contributed by atoms with Gasteiger partial charge in [-0.25, -0.2) is 0 Å². The maximum absolute atomic E-state index is 11.7. The Kier molecular flexibility index (Phi) is 2.04. The summed E-state index contributed by atoms with van der Waals surface area (Å²) in [6, 6.07) is 7.34. The molecular formula is C11H12ClNO. The largest absolute Gasteiger partial charge is 0.311 e. The Morgan fingerprint density at radius 1 is 1.29 bits per heavy atom. The number of carbonyl (C=O) groups excluding carboxylic acids is 1. The molecule has 0 bridgehead atoms. The van der Waals surface area contributed by atoms with E-state index in [1.165, 1.54) is 0 Å². The van der Waals surface area contributed by atoms with Gasteiger partial charge in [0.1, 0.15) is 0 Å². The predicted molar refractivity (Wildman–Crippen MR) is 57.6 cm³/mol. The maximum atomic E-state index is 11.7. The van der Waals surface area contributed by atoms with Crippen LogP contribution in [0.1, 0.15) is 13.8 Å². The van der Waals surface area contributed by atoms with E-state index < -0.39 is 0 Å². The second-order valence-electron chi connectivity index (χ2n) is 4.25. The zero-order valence-electron chi connectivity index (χ0n) is 8.25. The molecule has 1 heterocycles. The number of hydrogen-bond donors (Lipinski definition) is 0. The van der Waals surface area contributed by atoms with Gasteiger partial charge in [0.15, 0.2) is 0 Å². The zero-order valence-corrected chi connectivity index (χ0v) is 9.01. The number of benzene rings is 1. The quantitative estimate of drug-likeness (QED) is 0.652. The van der Waals surface area contributed by atoms with Gasteiger partial charge in [-0.15, -0.1) is 0 Å². The van der Waals surface area contributed by atoms with Crippen molar-refractivity contribution in [2.45, 2.75) is 13.8 Å². The summed E-state index contributed by atoms with van der Waals surface area (Å²) in [5, 5.41) is 0.695. The van der Waals surface area contributed by atoms with Crippen molar-refractivity contribution >= 4 is 23.2 Å². The van der Waals surface area contributed by atoms with Crippen molar-refractivity contribution < 1.29 is 4.79 Å². The van der Waals surface area contributed by atoms with Crippen LogP contribution in [0.4, 0.5) is 5.69 Å². The highest BCUT2D eigenvalue weighted by atomic mass is 35.5. The first-order valence-corrected chi connectivity index (χ1v) is 4.96. The first-order chi connectivity index (χ1) is 6.50. The van der Waals surface area contributed by atoms with Crippen LogP contribution in [-0.2, 0) is 4.79 Å². The summed E-state index contributed by atoms with van der Waals surface area (Å²) in [6.45, 7) is 4.71. The van der Waals surface area contributed by atoms with E-state index in [2.05, 4.69) is 0 Å². The van der Waals surface area contributed by atoms with E-state index in [0.29, 0.717) is 5.02 Å². The normalized spacial score (nSPS) is 19.4. The van der Waals surface area contributed by atoms with Gasteiger partial charge in [0.25, 0.3) is 0 Å². The molecule has 0 radical (unpaired) electrons. The molecule has 2 rings (SSSR count). The summed E-state index contributed by atoms with van der Waals surface area (Å²) in [4.78, 5) is 13.4. The van der Waals surface area contributed by atoms with Gasteiger partial charge in [0.05, 0.1) is 5.41 Å². The van der Waals surface area contributed by atoms with Crippen LogP contribution in [0.15, 0.2) is 24.3 Å². The molecule has 74 valence electrons. The third-order valence-electron chi connectivity index (χ3n) is 2.52. The minimum Gasteiger partial charge on any atom is -0.311 e. The summed E-state index contributed by atoms with van der Waals surface area (Å²) in [6.07, 6.45) is 0. The molecule has 1 saturated heterocycles. The number of hydrogen-bond acceptors (Lipinski definition) is 1. The van der Waals surface area contributed by atoms with Crippen molar-refractivity contribution in [2.24, 2.45) is 5.41 Å². The van der Waals surface area contributed by atoms with Crippen molar-refractivity contribution in [1.29, 1.82) is 0 Å². The number of amides is 1. The molecule has 2 nitrogen and oxygen atoms in total. The summed E-state index contributed by atoms with van der Waals surface area (Å²) >= 11 is 5.77. The third kappa shape index (κ3) is 1.40.